The zero-order valence-corrected chi connectivity index (χ0v) is 14.8. The predicted molar refractivity (Wildman–Crippen MR) is 98.0 cm³/mol. The fourth-order valence-electron chi connectivity index (χ4n) is 3.49. The van der Waals surface area contributed by atoms with Gasteiger partial charge in [0.05, 0.1) is 11.3 Å². The first-order chi connectivity index (χ1) is 12.1. The summed E-state index contributed by atoms with van der Waals surface area (Å²) in [6.07, 6.45) is 3.72. The van der Waals surface area contributed by atoms with Gasteiger partial charge < -0.3 is 4.90 Å². The molecule has 1 saturated heterocycles. The molecular formula is C19H19ClN4O. The number of rotatable bonds is 2. The van der Waals surface area contributed by atoms with E-state index >= 15 is 0 Å². The van der Waals surface area contributed by atoms with Crippen molar-refractivity contribution in [2.45, 2.75) is 25.7 Å². The van der Waals surface area contributed by atoms with Crippen LogP contribution in [0.2, 0.25) is 5.02 Å². The molecule has 1 atom stereocenters. The Morgan fingerprint density at radius 3 is 2.92 bits per heavy atom. The first kappa shape index (κ1) is 16.1. The molecule has 1 N–H and O–H groups in total. The molecule has 128 valence electrons. The lowest BCUT2D eigenvalue weighted by atomic mass is 9.90. The number of benzene rings is 1. The van der Waals surface area contributed by atoms with E-state index in [0.717, 1.165) is 42.0 Å². The molecule has 1 aliphatic rings. The Morgan fingerprint density at radius 2 is 2.12 bits per heavy atom. The van der Waals surface area contributed by atoms with E-state index in [2.05, 4.69) is 27.3 Å². The first-order valence-corrected chi connectivity index (χ1v) is 8.85. The first-order valence-electron chi connectivity index (χ1n) is 8.47. The molecule has 0 radical (unpaired) electrons. The summed E-state index contributed by atoms with van der Waals surface area (Å²) in [5.41, 5.74) is 3.43. The van der Waals surface area contributed by atoms with Crippen LogP contribution in [0.25, 0.3) is 11.0 Å². The minimum Gasteiger partial charge on any atom is -0.338 e. The normalized spacial score (nSPS) is 17.8. The maximum absolute atomic E-state index is 12.9. The summed E-state index contributed by atoms with van der Waals surface area (Å²) < 4.78 is 0. The van der Waals surface area contributed by atoms with Crippen LogP contribution >= 0.6 is 11.6 Å². The summed E-state index contributed by atoms with van der Waals surface area (Å²) in [5, 5.41) is 8.65. The van der Waals surface area contributed by atoms with Gasteiger partial charge in [-0.1, -0.05) is 23.7 Å². The van der Waals surface area contributed by atoms with Crippen LogP contribution in [0, 0.1) is 6.92 Å². The highest BCUT2D eigenvalue weighted by Crippen LogP contribution is 2.29. The maximum Gasteiger partial charge on any atom is 0.255 e. The standard InChI is InChI=1S/C19H19ClN4O/c1-12-17-9-15(10-21-18(17)23-22-12)19(25)24-8-2-3-14(11-24)13-4-6-16(20)7-5-13/h4-7,9-10,14H,2-3,8,11H2,1H3,(H,21,22,23). The van der Waals surface area contributed by atoms with Crippen molar-refractivity contribution in [3.63, 3.8) is 0 Å². The van der Waals surface area contributed by atoms with Crippen molar-refractivity contribution in [3.8, 4) is 0 Å². The van der Waals surface area contributed by atoms with Gasteiger partial charge in [-0.2, -0.15) is 5.10 Å². The summed E-state index contributed by atoms with van der Waals surface area (Å²) in [5.74, 6) is 0.385. The highest BCUT2D eigenvalue weighted by atomic mass is 35.5. The van der Waals surface area contributed by atoms with Crippen LogP contribution in [0.4, 0.5) is 0 Å². The predicted octanol–water partition coefficient (Wildman–Crippen LogP) is 3.94. The number of pyridine rings is 1. The number of H-pyrrole nitrogens is 1. The Kier molecular flexibility index (Phi) is 4.17. The van der Waals surface area contributed by atoms with E-state index < -0.39 is 0 Å². The molecule has 1 fully saturated rings. The number of amides is 1. The van der Waals surface area contributed by atoms with Gasteiger partial charge >= 0.3 is 0 Å². The minimum atomic E-state index is 0.0358. The third kappa shape index (κ3) is 3.12. The molecule has 4 rings (SSSR count). The lowest BCUT2D eigenvalue weighted by Crippen LogP contribution is -2.39. The Labute approximate surface area is 151 Å². The molecule has 1 aromatic carbocycles. The molecule has 1 unspecified atom stereocenters. The van der Waals surface area contributed by atoms with Crippen LogP contribution in [0.5, 0.6) is 0 Å². The van der Waals surface area contributed by atoms with E-state index in [9.17, 15) is 4.79 Å². The topological polar surface area (TPSA) is 61.9 Å². The quantitative estimate of drug-likeness (QED) is 0.758. The number of nitrogens with one attached hydrogen (secondary N) is 1. The Morgan fingerprint density at radius 1 is 1.32 bits per heavy atom. The van der Waals surface area contributed by atoms with E-state index in [1.807, 2.05) is 30.0 Å². The molecule has 2 aromatic heterocycles. The molecular weight excluding hydrogens is 336 g/mol. The summed E-state index contributed by atoms with van der Waals surface area (Å²) >= 11 is 5.98. The van der Waals surface area contributed by atoms with Crippen LogP contribution in [0.15, 0.2) is 36.5 Å². The minimum absolute atomic E-state index is 0.0358. The number of fused-ring (bicyclic) bond motifs is 1. The molecule has 0 bridgehead atoms. The number of halogens is 1. The monoisotopic (exact) mass is 354 g/mol. The number of aryl methyl sites for hydroxylation is 1. The largest absolute Gasteiger partial charge is 0.338 e. The summed E-state index contributed by atoms with van der Waals surface area (Å²) in [6, 6.07) is 9.83. The molecule has 0 spiro atoms. The van der Waals surface area contributed by atoms with Gasteiger partial charge in [0.15, 0.2) is 5.65 Å². The average molecular weight is 355 g/mol. The lowest BCUT2D eigenvalue weighted by Gasteiger charge is -2.33. The highest BCUT2D eigenvalue weighted by molar-refractivity contribution is 6.30. The fraction of sp³-hybridized carbons (Fsp3) is 0.316. The number of piperidine rings is 1. The Bertz CT molecular complexity index is 919. The molecule has 3 aromatic rings. The van der Waals surface area contributed by atoms with Gasteiger partial charge in [0.1, 0.15) is 0 Å². The van der Waals surface area contributed by atoms with Crippen molar-refractivity contribution >= 4 is 28.5 Å². The molecule has 1 aliphatic heterocycles. The van der Waals surface area contributed by atoms with Gasteiger partial charge in [-0.25, -0.2) is 4.98 Å². The summed E-state index contributed by atoms with van der Waals surface area (Å²) in [4.78, 5) is 19.2. The summed E-state index contributed by atoms with van der Waals surface area (Å²) in [6.45, 7) is 3.42. The number of hydrogen-bond donors (Lipinski definition) is 1. The fourth-order valence-corrected chi connectivity index (χ4v) is 3.62. The van der Waals surface area contributed by atoms with E-state index in [1.54, 1.807) is 6.20 Å². The van der Waals surface area contributed by atoms with Gasteiger partial charge in [0.2, 0.25) is 0 Å². The average Bonchev–Trinajstić information content (AvgIpc) is 3.02. The number of nitrogens with zero attached hydrogens (tertiary/aromatic N) is 3. The highest BCUT2D eigenvalue weighted by Gasteiger charge is 2.26. The van der Waals surface area contributed by atoms with Gasteiger partial charge in [-0.05, 0) is 43.5 Å². The van der Waals surface area contributed by atoms with Gasteiger partial charge in [-0.15, -0.1) is 0 Å². The smallest absolute Gasteiger partial charge is 0.255 e. The van der Waals surface area contributed by atoms with Crippen molar-refractivity contribution in [2.75, 3.05) is 13.1 Å². The summed E-state index contributed by atoms with van der Waals surface area (Å²) in [7, 11) is 0. The molecule has 0 aliphatic carbocycles. The molecule has 6 heteroatoms. The number of likely N-dealkylation sites (tertiary alicyclic amines) is 1. The van der Waals surface area contributed by atoms with Crippen molar-refractivity contribution < 1.29 is 4.79 Å². The zero-order chi connectivity index (χ0) is 17.4. The SMILES string of the molecule is Cc1n[nH]c2ncc(C(=O)N3CCCC(c4ccc(Cl)cc4)C3)cc12. The maximum atomic E-state index is 12.9. The number of carbonyl (C=O) groups excluding carboxylic acids is 1. The van der Waals surface area contributed by atoms with E-state index in [1.165, 1.54) is 5.56 Å². The second-order valence-corrected chi connectivity index (χ2v) is 7.01. The van der Waals surface area contributed by atoms with Crippen LogP contribution in [0.3, 0.4) is 0 Å². The van der Waals surface area contributed by atoms with Crippen molar-refractivity contribution in [1.82, 2.24) is 20.1 Å². The van der Waals surface area contributed by atoms with E-state index in [-0.39, 0.29) is 5.91 Å². The van der Waals surface area contributed by atoms with Crippen LogP contribution < -0.4 is 0 Å². The van der Waals surface area contributed by atoms with Crippen LogP contribution in [-0.2, 0) is 0 Å². The number of aromatic nitrogens is 3. The van der Waals surface area contributed by atoms with Crippen molar-refractivity contribution in [3.05, 3.63) is 58.4 Å². The third-order valence-corrected chi connectivity index (χ3v) is 5.16. The Balaban J connectivity index is 1.56. The van der Waals surface area contributed by atoms with Crippen LogP contribution in [-0.4, -0.2) is 39.1 Å². The molecule has 5 nitrogen and oxygen atoms in total. The van der Waals surface area contributed by atoms with E-state index in [4.69, 9.17) is 11.6 Å². The van der Waals surface area contributed by atoms with E-state index in [0.29, 0.717) is 17.1 Å². The van der Waals surface area contributed by atoms with Gasteiger partial charge in [-0.3, -0.25) is 9.89 Å². The second kappa shape index (κ2) is 6.48. The lowest BCUT2D eigenvalue weighted by molar-refractivity contribution is 0.0707. The van der Waals surface area contributed by atoms with Crippen molar-refractivity contribution in [2.24, 2.45) is 0 Å². The third-order valence-electron chi connectivity index (χ3n) is 4.90. The second-order valence-electron chi connectivity index (χ2n) is 6.57. The molecule has 25 heavy (non-hydrogen) atoms. The molecule has 3 heterocycles. The molecule has 0 saturated carbocycles. The number of carbonyl (C=O) groups is 1. The molecule has 1 amide bonds. The zero-order valence-electron chi connectivity index (χ0n) is 14.0. The number of hydrogen-bond acceptors (Lipinski definition) is 3. The van der Waals surface area contributed by atoms with Crippen molar-refractivity contribution in [1.29, 1.82) is 0 Å². The van der Waals surface area contributed by atoms with Crippen LogP contribution in [0.1, 0.15) is 40.4 Å². The van der Waals surface area contributed by atoms with Gasteiger partial charge in [0, 0.05) is 35.6 Å². The van der Waals surface area contributed by atoms with Gasteiger partial charge in [0.25, 0.3) is 5.91 Å². The Hall–Kier alpha value is -2.40. The number of aromatic amines is 1.